The Kier molecular flexibility index (Phi) is 5.86. The van der Waals surface area contributed by atoms with Gasteiger partial charge in [-0.05, 0) is 0 Å². The molecule has 1 amide bonds. The summed E-state index contributed by atoms with van der Waals surface area (Å²) in [6.45, 7) is 2.30. The molecule has 0 aliphatic rings. The third kappa shape index (κ3) is 5.77. The third-order valence-corrected chi connectivity index (χ3v) is 3.63. The van der Waals surface area contributed by atoms with Crippen molar-refractivity contribution < 1.29 is 13.2 Å². The minimum atomic E-state index is -3.32. The van der Waals surface area contributed by atoms with Gasteiger partial charge in [0.1, 0.15) is 6.54 Å². The Balaban J connectivity index is 2.32. The molecule has 1 aromatic heterocycles. The first kappa shape index (κ1) is 15.5. The molecule has 1 heterocycles. The Morgan fingerprint density at radius 3 is 2.84 bits per heavy atom. The van der Waals surface area contributed by atoms with E-state index in [2.05, 4.69) is 20.4 Å². The molecule has 10 heteroatoms. The fourth-order valence-electron chi connectivity index (χ4n) is 1.33. The standard InChI is InChI=1S/C9H18N6O3S/c1-2-12-19(17,18)4-3-11-9(16)7-15-6-8(5-10)13-14-15/h6,12H,2-5,7,10H2,1H3,(H,11,16). The molecule has 0 saturated carbocycles. The molecule has 1 rings (SSSR count). The van der Waals surface area contributed by atoms with Crippen molar-refractivity contribution in [1.82, 2.24) is 25.0 Å². The highest BCUT2D eigenvalue weighted by molar-refractivity contribution is 7.89. The highest BCUT2D eigenvalue weighted by Gasteiger charge is 2.10. The summed E-state index contributed by atoms with van der Waals surface area (Å²) in [6, 6.07) is 0. The predicted octanol–water partition coefficient (Wildman–Crippen LogP) is -2.21. The van der Waals surface area contributed by atoms with Gasteiger partial charge in [-0.1, -0.05) is 12.1 Å². The van der Waals surface area contributed by atoms with Gasteiger partial charge in [0.25, 0.3) is 0 Å². The van der Waals surface area contributed by atoms with Crippen molar-refractivity contribution in [3.8, 4) is 0 Å². The van der Waals surface area contributed by atoms with Crippen LogP contribution in [0.15, 0.2) is 6.20 Å². The number of carbonyl (C=O) groups is 1. The van der Waals surface area contributed by atoms with E-state index < -0.39 is 10.0 Å². The van der Waals surface area contributed by atoms with Crippen LogP contribution in [0.25, 0.3) is 0 Å². The molecule has 0 fully saturated rings. The summed E-state index contributed by atoms with van der Waals surface area (Å²) < 4.78 is 26.3. The molecule has 4 N–H and O–H groups in total. The number of amides is 1. The number of rotatable bonds is 8. The summed E-state index contributed by atoms with van der Waals surface area (Å²) in [7, 11) is -3.32. The first-order valence-electron chi connectivity index (χ1n) is 5.80. The molecule has 0 spiro atoms. The molecule has 0 unspecified atom stereocenters. The van der Waals surface area contributed by atoms with Crippen LogP contribution in [0.1, 0.15) is 12.6 Å². The largest absolute Gasteiger partial charge is 0.353 e. The average molecular weight is 290 g/mol. The number of nitrogens with two attached hydrogens (primary N) is 1. The summed E-state index contributed by atoms with van der Waals surface area (Å²) in [5.74, 6) is -0.488. The van der Waals surface area contributed by atoms with E-state index in [9.17, 15) is 13.2 Å². The van der Waals surface area contributed by atoms with Crippen molar-refractivity contribution in [2.75, 3.05) is 18.8 Å². The lowest BCUT2D eigenvalue weighted by atomic mass is 10.5. The molecule has 0 saturated heterocycles. The van der Waals surface area contributed by atoms with E-state index in [1.807, 2.05) is 0 Å². The average Bonchev–Trinajstić information content (AvgIpc) is 2.76. The second-order valence-corrected chi connectivity index (χ2v) is 5.70. The van der Waals surface area contributed by atoms with Gasteiger partial charge in [0, 0.05) is 19.6 Å². The molecule has 0 bridgehead atoms. The van der Waals surface area contributed by atoms with Crippen molar-refractivity contribution in [2.45, 2.75) is 20.0 Å². The quantitative estimate of drug-likeness (QED) is 0.497. The first-order chi connectivity index (χ1) is 8.96. The molecular formula is C9H18N6O3S. The number of nitrogens with zero attached hydrogens (tertiary/aromatic N) is 3. The first-order valence-corrected chi connectivity index (χ1v) is 7.45. The third-order valence-electron chi connectivity index (χ3n) is 2.16. The van der Waals surface area contributed by atoms with Gasteiger partial charge in [-0.25, -0.2) is 17.8 Å². The number of hydrogen-bond acceptors (Lipinski definition) is 6. The number of carbonyl (C=O) groups excluding carboxylic acids is 1. The summed E-state index contributed by atoms with van der Waals surface area (Å²) >= 11 is 0. The SMILES string of the molecule is CCNS(=O)(=O)CCNC(=O)Cn1cc(CN)nn1. The Labute approximate surface area is 111 Å². The normalized spacial score (nSPS) is 11.5. The lowest BCUT2D eigenvalue weighted by Crippen LogP contribution is -2.35. The molecule has 0 aromatic carbocycles. The lowest BCUT2D eigenvalue weighted by Gasteiger charge is -2.06. The zero-order valence-corrected chi connectivity index (χ0v) is 11.5. The maximum Gasteiger partial charge on any atom is 0.241 e. The molecule has 0 aliphatic carbocycles. The Bertz CT molecular complexity index is 512. The van der Waals surface area contributed by atoms with Crippen LogP contribution in [0.5, 0.6) is 0 Å². The van der Waals surface area contributed by atoms with Crippen molar-refractivity contribution >= 4 is 15.9 Å². The van der Waals surface area contributed by atoms with Crippen LogP contribution in [-0.4, -0.2) is 48.2 Å². The number of sulfonamides is 1. The van der Waals surface area contributed by atoms with Crippen LogP contribution in [-0.2, 0) is 27.9 Å². The Morgan fingerprint density at radius 1 is 1.53 bits per heavy atom. The van der Waals surface area contributed by atoms with Gasteiger partial charge < -0.3 is 11.1 Å². The molecule has 19 heavy (non-hydrogen) atoms. The number of aromatic nitrogens is 3. The van der Waals surface area contributed by atoms with E-state index in [4.69, 9.17) is 5.73 Å². The topological polar surface area (TPSA) is 132 Å². The van der Waals surface area contributed by atoms with Crippen LogP contribution in [0, 0.1) is 0 Å². The van der Waals surface area contributed by atoms with Gasteiger partial charge in [-0.3, -0.25) is 4.79 Å². The molecule has 1 aromatic rings. The van der Waals surface area contributed by atoms with E-state index in [1.54, 1.807) is 13.1 Å². The highest BCUT2D eigenvalue weighted by Crippen LogP contribution is 1.90. The molecule has 9 nitrogen and oxygen atoms in total. The van der Waals surface area contributed by atoms with Crippen molar-refractivity contribution in [1.29, 1.82) is 0 Å². The van der Waals surface area contributed by atoms with Gasteiger partial charge in [-0.15, -0.1) is 5.10 Å². The molecule has 0 radical (unpaired) electrons. The maximum absolute atomic E-state index is 11.5. The smallest absolute Gasteiger partial charge is 0.241 e. The summed E-state index contributed by atoms with van der Waals surface area (Å²) in [5, 5.41) is 9.94. The van der Waals surface area contributed by atoms with Crippen LogP contribution in [0.4, 0.5) is 0 Å². The van der Waals surface area contributed by atoms with Crippen molar-refractivity contribution in [3.05, 3.63) is 11.9 Å². The van der Waals surface area contributed by atoms with Crippen molar-refractivity contribution in [3.63, 3.8) is 0 Å². The minimum absolute atomic E-state index is 0.0196. The maximum atomic E-state index is 11.5. The predicted molar refractivity (Wildman–Crippen MR) is 68.4 cm³/mol. The molecule has 108 valence electrons. The fourth-order valence-corrected chi connectivity index (χ4v) is 2.28. The zero-order chi connectivity index (χ0) is 14.3. The Morgan fingerprint density at radius 2 is 2.26 bits per heavy atom. The molecule has 0 aliphatic heterocycles. The number of hydrogen-bond donors (Lipinski definition) is 3. The van der Waals surface area contributed by atoms with Gasteiger partial charge in [0.05, 0.1) is 17.6 Å². The van der Waals surface area contributed by atoms with Gasteiger partial charge in [0.15, 0.2) is 0 Å². The van der Waals surface area contributed by atoms with Gasteiger partial charge in [0.2, 0.25) is 15.9 Å². The summed E-state index contributed by atoms with van der Waals surface area (Å²) in [4.78, 5) is 11.5. The molecule has 0 atom stereocenters. The highest BCUT2D eigenvalue weighted by atomic mass is 32.2. The minimum Gasteiger partial charge on any atom is -0.353 e. The Hall–Kier alpha value is -1.52. The van der Waals surface area contributed by atoms with Crippen LogP contribution in [0.2, 0.25) is 0 Å². The van der Waals surface area contributed by atoms with Crippen molar-refractivity contribution in [2.24, 2.45) is 5.73 Å². The van der Waals surface area contributed by atoms with Crippen LogP contribution in [0.3, 0.4) is 0 Å². The van der Waals surface area contributed by atoms with E-state index in [1.165, 1.54) is 4.68 Å². The monoisotopic (exact) mass is 290 g/mol. The zero-order valence-electron chi connectivity index (χ0n) is 10.7. The van der Waals surface area contributed by atoms with E-state index in [0.717, 1.165) is 0 Å². The molecular weight excluding hydrogens is 272 g/mol. The lowest BCUT2D eigenvalue weighted by molar-refractivity contribution is -0.121. The van der Waals surface area contributed by atoms with Crippen LogP contribution < -0.4 is 15.8 Å². The summed E-state index contributed by atoms with van der Waals surface area (Å²) in [6.07, 6.45) is 1.56. The van der Waals surface area contributed by atoms with E-state index in [0.29, 0.717) is 12.2 Å². The van der Waals surface area contributed by atoms with E-state index in [-0.39, 0.29) is 31.3 Å². The second kappa shape index (κ2) is 7.16. The van der Waals surface area contributed by atoms with Gasteiger partial charge in [-0.2, -0.15) is 0 Å². The second-order valence-electron chi connectivity index (χ2n) is 3.78. The van der Waals surface area contributed by atoms with Gasteiger partial charge >= 0.3 is 0 Å². The van der Waals surface area contributed by atoms with E-state index >= 15 is 0 Å². The van der Waals surface area contributed by atoms with Crippen LogP contribution >= 0.6 is 0 Å². The fraction of sp³-hybridized carbons (Fsp3) is 0.667. The number of nitrogens with one attached hydrogen (secondary N) is 2. The summed E-state index contributed by atoms with van der Waals surface area (Å²) in [5.41, 5.74) is 5.95.